The van der Waals surface area contributed by atoms with Gasteiger partial charge in [0.15, 0.2) is 0 Å². The summed E-state index contributed by atoms with van der Waals surface area (Å²) in [5.74, 6) is 0. The molecule has 0 aromatic carbocycles. The van der Waals surface area contributed by atoms with Crippen LogP contribution in [0.5, 0.6) is 0 Å². The van der Waals surface area contributed by atoms with E-state index in [4.69, 9.17) is 0 Å². The first-order valence-corrected chi connectivity index (χ1v) is 7.25. The lowest BCUT2D eigenvalue weighted by molar-refractivity contribution is 0.138. The zero-order valence-corrected chi connectivity index (χ0v) is 11.1. The van der Waals surface area contributed by atoms with Gasteiger partial charge in [-0.2, -0.15) is 0 Å². The lowest BCUT2D eigenvalue weighted by Gasteiger charge is -2.41. The van der Waals surface area contributed by atoms with E-state index in [9.17, 15) is 0 Å². The van der Waals surface area contributed by atoms with Crippen LogP contribution in [0, 0.1) is 0 Å². The van der Waals surface area contributed by atoms with Crippen LogP contribution in [0.1, 0.15) is 58.8 Å². The predicted octanol–water partition coefficient (Wildman–Crippen LogP) is 2.78. The van der Waals surface area contributed by atoms with E-state index in [2.05, 4.69) is 24.1 Å². The molecule has 2 nitrogen and oxygen atoms in total. The van der Waals surface area contributed by atoms with Gasteiger partial charge in [0.2, 0.25) is 0 Å². The van der Waals surface area contributed by atoms with Gasteiger partial charge in [0.1, 0.15) is 0 Å². The fraction of sp³-hybridized carbons (Fsp3) is 1.00. The van der Waals surface area contributed by atoms with E-state index in [1.54, 1.807) is 0 Å². The summed E-state index contributed by atoms with van der Waals surface area (Å²) < 4.78 is 0. The molecule has 94 valence electrons. The number of rotatable bonds is 2. The summed E-state index contributed by atoms with van der Waals surface area (Å²) >= 11 is 0. The Morgan fingerprint density at radius 2 is 2.00 bits per heavy atom. The van der Waals surface area contributed by atoms with Crippen LogP contribution in [0.3, 0.4) is 0 Å². The molecule has 0 amide bonds. The molecule has 1 N–H and O–H groups in total. The van der Waals surface area contributed by atoms with Gasteiger partial charge in [0, 0.05) is 18.1 Å². The Hall–Kier alpha value is -0.0800. The van der Waals surface area contributed by atoms with Crippen LogP contribution in [-0.2, 0) is 0 Å². The highest BCUT2D eigenvalue weighted by Gasteiger charge is 2.36. The van der Waals surface area contributed by atoms with E-state index < -0.39 is 0 Å². The van der Waals surface area contributed by atoms with Gasteiger partial charge in [-0.25, -0.2) is 0 Å². The lowest BCUT2D eigenvalue weighted by Crippen LogP contribution is -2.53. The van der Waals surface area contributed by atoms with Crippen molar-refractivity contribution in [2.24, 2.45) is 0 Å². The van der Waals surface area contributed by atoms with Crippen molar-refractivity contribution in [1.82, 2.24) is 10.2 Å². The Kier molecular flexibility index (Phi) is 4.26. The van der Waals surface area contributed by atoms with Crippen molar-refractivity contribution in [2.75, 3.05) is 19.6 Å². The van der Waals surface area contributed by atoms with Crippen molar-refractivity contribution < 1.29 is 0 Å². The molecule has 2 rings (SSSR count). The predicted molar refractivity (Wildman–Crippen MR) is 69.8 cm³/mol. The zero-order valence-electron chi connectivity index (χ0n) is 11.1. The summed E-state index contributed by atoms with van der Waals surface area (Å²) in [5, 5.41) is 3.87. The quantitative estimate of drug-likeness (QED) is 0.776. The van der Waals surface area contributed by atoms with Gasteiger partial charge in [0.05, 0.1) is 0 Å². The molecule has 1 heterocycles. The molecule has 2 fully saturated rings. The number of hydrogen-bond acceptors (Lipinski definition) is 2. The SMILES string of the molecule is CCCN1CC2(CCCCC2)NCCC1C. The summed E-state index contributed by atoms with van der Waals surface area (Å²) in [4.78, 5) is 2.73. The van der Waals surface area contributed by atoms with E-state index in [0.717, 1.165) is 6.04 Å². The molecule has 0 aromatic heterocycles. The first kappa shape index (κ1) is 12.4. The van der Waals surface area contributed by atoms with Crippen molar-refractivity contribution in [3.05, 3.63) is 0 Å². The minimum atomic E-state index is 0.470. The van der Waals surface area contributed by atoms with Crippen LogP contribution < -0.4 is 5.32 Å². The maximum absolute atomic E-state index is 3.87. The highest BCUT2D eigenvalue weighted by Crippen LogP contribution is 2.31. The Morgan fingerprint density at radius 1 is 1.25 bits per heavy atom. The van der Waals surface area contributed by atoms with Gasteiger partial charge in [-0.15, -0.1) is 0 Å². The van der Waals surface area contributed by atoms with Gasteiger partial charge in [-0.1, -0.05) is 26.2 Å². The average molecular weight is 224 g/mol. The monoisotopic (exact) mass is 224 g/mol. The van der Waals surface area contributed by atoms with E-state index in [0.29, 0.717) is 5.54 Å². The number of nitrogens with zero attached hydrogens (tertiary/aromatic N) is 1. The van der Waals surface area contributed by atoms with Crippen molar-refractivity contribution in [3.63, 3.8) is 0 Å². The third-order valence-electron chi connectivity index (χ3n) is 4.51. The molecule has 2 aliphatic rings. The topological polar surface area (TPSA) is 15.3 Å². The van der Waals surface area contributed by atoms with Crippen LogP contribution in [0.2, 0.25) is 0 Å². The van der Waals surface area contributed by atoms with Crippen LogP contribution in [0.15, 0.2) is 0 Å². The molecule has 1 spiro atoms. The highest BCUT2D eigenvalue weighted by molar-refractivity contribution is 4.96. The molecule has 0 bridgehead atoms. The van der Waals surface area contributed by atoms with E-state index in [1.807, 2.05) is 0 Å². The molecule has 0 aromatic rings. The van der Waals surface area contributed by atoms with Crippen molar-refractivity contribution in [1.29, 1.82) is 0 Å². The second-order valence-corrected chi connectivity index (χ2v) is 5.88. The van der Waals surface area contributed by atoms with Crippen LogP contribution in [0.4, 0.5) is 0 Å². The number of hydrogen-bond donors (Lipinski definition) is 1. The van der Waals surface area contributed by atoms with Gasteiger partial charge in [-0.05, 0) is 45.7 Å². The normalized spacial score (nSPS) is 31.5. The zero-order chi connectivity index (χ0) is 11.4. The van der Waals surface area contributed by atoms with Crippen LogP contribution >= 0.6 is 0 Å². The summed E-state index contributed by atoms with van der Waals surface area (Å²) in [7, 11) is 0. The maximum Gasteiger partial charge on any atom is 0.0308 e. The van der Waals surface area contributed by atoms with E-state index in [-0.39, 0.29) is 0 Å². The Balaban J connectivity index is 2.02. The largest absolute Gasteiger partial charge is 0.310 e. The molecule has 16 heavy (non-hydrogen) atoms. The Bertz CT molecular complexity index is 209. The number of nitrogens with one attached hydrogen (secondary N) is 1. The standard InChI is InChI=1S/C14H28N2/c1-3-11-16-12-14(8-5-4-6-9-14)15-10-7-13(16)2/h13,15H,3-12H2,1-2H3. The molecule has 0 radical (unpaired) electrons. The molecule has 1 unspecified atom stereocenters. The van der Waals surface area contributed by atoms with Gasteiger partial charge in [0.25, 0.3) is 0 Å². The molecule has 1 aliphatic carbocycles. The summed E-state index contributed by atoms with van der Waals surface area (Å²) in [6.45, 7) is 8.51. The smallest absolute Gasteiger partial charge is 0.0308 e. The second kappa shape index (κ2) is 5.50. The third-order valence-corrected chi connectivity index (χ3v) is 4.51. The molecule has 1 saturated carbocycles. The summed E-state index contributed by atoms with van der Waals surface area (Å²) in [6.07, 6.45) is 9.73. The molecule has 1 atom stereocenters. The first-order chi connectivity index (χ1) is 7.76. The van der Waals surface area contributed by atoms with Gasteiger partial charge >= 0.3 is 0 Å². The minimum Gasteiger partial charge on any atom is -0.310 e. The summed E-state index contributed by atoms with van der Waals surface area (Å²) in [6, 6.07) is 0.772. The van der Waals surface area contributed by atoms with Crippen molar-refractivity contribution >= 4 is 0 Å². The average Bonchev–Trinajstić information content (AvgIpc) is 2.42. The van der Waals surface area contributed by atoms with Crippen molar-refractivity contribution in [2.45, 2.75) is 70.4 Å². The van der Waals surface area contributed by atoms with Gasteiger partial charge in [-0.3, -0.25) is 4.90 Å². The third kappa shape index (κ3) is 2.78. The summed E-state index contributed by atoms with van der Waals surface area (Å²) in [5.41, 5.74) is 0.470. The van der Waals surface area contributed by atoms with E-state index >= 15 is 0 Å². The molecular weight excluding hydrogens is 196 g/mol. The minimum absolute atomic E-state index is 0.470. The van der Waals surface area contributed by atoms with Crippen molar-refractivity contribution in [3.8, 4) is 0 Å². The molecule has 1 saturated heterocycles. The molecule has 2 heteroatoms. The van der Waals surface area contributed by atoms with Crippen LogP contribution in [0.25, 0.3) is 0 Å². The fourth-order valence-corrected chi connectivity index (χ4v) is 3.48. The fourth-order valence-electron chi connectivity index (χ4n) is 3.48. The van der Waals surface area contributed by atoms with Gasteiger partial charge < -0.3 is 5.32 Å². The van der Waals surface area contributed by atoms with E-state index in [1.165, 1.54) is 64.6 Å². The first-order valence-electron chi connectivity index (χ1n) is 7.25. The second-order valence-electron chi connectivity index (χ2n) is 5.88. The molecule has 1 aliphatic heterocycles. The highest BCUT2D eigenvalue weighted by atomic mass is 15.2. The Morgan fingerprint density at radius 3 is 2.69 bits per heavy atom. The lowest BCUT2D eigenvalue weighted by atomic mass is 9.81. The van der Waals surface area contributed by atoms with Crippen LogP contribution in [-0.4, -0.2) is 36.1 Å². The maximum atomic E-state index is 3.87. The Labute approximate surface area is 101 Å². The molecular formula is C14H28N2.